The highest BCUT2D eigenvalue weighted by molar-refractivity contribution is 6.14. The molecule has 0 amide bonds. The summed E-state index contributed by atoms with van der Waals surface area (Å²) in [6.07, 6.45) is 1.79. The Kier molecular flexibility index (Phi) is 6.35. The molecule has 0 aliphatic heterocycles. The Labute approximate surface area is 270 Å². The summed E-state index contributed by atoms with van der Waals surface area (Å²) in [5, 5.41) is 3.05. The van der Waals surface area contributed by atoms with Crippen LogP contribution < -0.4 is 0 Å². The quantitative estimate of drug-likeness (QED) is 0.195. The van der Waals surface area contributed by atoms with Crippen molar-refractivity contribution in [3.63, 3.8) is 0 Å². The first-order chi connectivity index (χ1) is 23.3. The third-order valence-electron chi connectivity index (χ3n) is 8.40. The molecule has 0 aliphatic carbocycles. The summed E-state index contributed by atoms with van der Waals surface area (Å²) in [5.41, 5.74) is 8.93. The van der Waals surface area contributed by atoms with E-state index in [9.17, 15) is 0 Å². The van der Waals surface area contributed by atoms with E-state index in [4.69, 9.17) is 29.3 Å². The molecular formula is C41H25N5O. The van der Waals surface area contributed by atoms with Gasteiger partial charge in [0.1, 0.15) is 16.9 Å². The molecule has 4 heterocycles. The lowest BCUT2D eigenvalue weighted by Gasteiger charge is -2.09. The van der Waals surface area contributed by atoms with Crippen molar-refractivity contribution in [1.82, 2.24) is 24.9 Å². The molecule has 4 aromatic heterocycles. The van der Waals surface area contributed by atoms with Gasteiger partial charge in [-0.25, -0.2) is 19.9 Å². The van der Waals surface area contributed by atoms with Crippen LogP contribution in [-0.2, 0) is 0 Å². The van der Waals surface area contributed by atoms with E-state index in [0.29, 0.717) is 17.5 Å². The summed E-state index contributed by atoms with van der Waals surface area (Å²) in [5.74, 6) is 1.89. The second kappa shape index (κ2) is 11.1. The van der Waals surface area contributed by atoms with Gasteiger partial charge in [0.05, 0.1) is 16.6 Å². The Morgan fingerprint density at radius 1 is 0.447 bits per heavy atom. The summed E-state index contributed by atoms with van der Waals surface area (Å²) >= 11 is 0. The van der Waals surface area contributed by atoms with Crippen molar-refractivity contribution in [3.8, 4) is 56.7 Å². The second-order valence-electron chi connectivity index (χ2n) is 11.3. The Bertz CT molecular complexity index is 2500. The molecule has 0 aliphatic rings. The van der Waals surface area contributed by atoms with E-state index in [2.05, 4.69) is 54.6 Å². The third-order valence-corrected chi connectivity index (χ3v) is 8.40. The van der Waals surface area contributed by atoms with Gasteiger partial charge in [0.2, 0.25) is 0 Å². The maximum Gasteiger partial charge on any atom is 0.164 e. The Hall–Kier alpha value is -6.53. The Morgan fingerprint density at radius 2 is 1.06 bits per heavy atom. The Morgan fingerprint density at radius 3 is 1.77 bits per heavy atom. The topological polar surface area (TPSA) is 77.6 Å². The number of aromatic nitrogens is 5. The molecule has 0 bridgehead atoms. The predicted molar refractivity (Wildman–Crippen MR) is 187 cm³/mol. The van der Waals surface area contributed by atoms with Gasteiger partial charge in [0, 0.05) is 39.2 Å². The van der Waals surface area contributed by atoms with E-state index in [0.717, 1.165) is 72.0 Å². The number of nitrogens with zero attached hydrogens (tertiary/aromatic N) is 5. The van der Waals surface area contributed by atoms with Gasteiger partial charge < -0.3 is 4.42 Å². The molecule has 0 spiro atoms. The first-order valence-electron chi connectivity index (χ1n) is 15.4. The van der Waals surface area contributed by atoms with Crippen LogP contribution in [0.3, 0.4) is 0 Å². The molecule has 6 heteroatoms. The van der Waals surface area contributed by atoms with Gasteiger partial charge in [-0.3, -0.25) is 4.98 Å². The van der Waals surface area contributed by atoms with Gasteiger partial charge in [-0.1, -0.05) is 127 Å². The van der Waals surface area contributed by atoms with Crippen LogP contribution in [0.1, 0.15) is 0 Å². The van der Waals surface area contributed by atoms with Crippen LogP contribution in [0.2, 0.25) is 0 Å². The number of rotatable bonds is 5. The van der Waals surface area contributed by atoms with Crippen molar-refractivity contribution in [2.75, 3.05) is 0 Å². The number of hydrogen-bond acceptors (Lipinski definition) is 6. The molecule has 9 aromatic rings. The normalized spacial score (nSPS) is 11.4. The molecule has 0 unspecified atom stereocenters. The maximum atomic E-state index is 6.53. The Balaban J connectivity index is 1.14. The van der Waals surface area contributed by atoms with Gasteiger partial charge in [-0.15, -0.1) is 0 Å². The number of pyridine rings is 2. The van der Waals surface area contributed by atoms with E-state index in [1.54, 1.807) is 6.20 Å². The van der Waals surface area contributed by atoms with Gasteiger partial charge in [-0.2, -0.15) is 0 Å². The van der Waals surface area contributed by atoms with Crippen LogP contribution in [0.4, 0.5) is 0 Å². The van der Waals surface area contributed by atoms with Gasteiger partial charge >= 0.3 is 0 Å². The van der Waals surface area contributed by atoms with Crippen LogP contribution in [0.25, 0.3) is 89.5 Å². The molecule has 220 valence electrons. The number of furan rings is 1. The van der Waals surface area contributed by atoms with E-state index >= 15 is 0 Å². The molecular weight excluding hydrogens is 578 g/mol. The minimum absolute atomic E-state index is 0.616. The SMILES string of the molecule is c1ccc(-c2nc(-c3ccccc3)nc(-c3ccc(-c4cccc5c4oc4ccnc(-c6ccc7ccccc7n6)c45)cc3)n2)cc1. The van der Waals surface area contributed by atoms with Crippen LogP contribution in [-0.4, -0.2) is 24.9 Å². The van der Waals surface area contributed by atoms with Crippen LogP contribution in [0.15, 0.2) is 156 Å². The highest BCUT2D eigenvalue weighted by Crippen LogP contribution is 2.39. The van der Waals surface area contributed by atoms with Crippen molar-refractivity contribution < 1.29 is 4.42 Å². The molecule has 47 heavy (non-hydrogen) atoms. The molecule has 0 saturated heterocycles. The fourth-order valence-electron chi connectivity index (χ4n) is 6.10. The van der Waals surface area contributed by atoms with Crippen molar-refractivity contribution in [2.45, 2.75) is 0 Å². The lowest BCUT2D eigenvalue weighted by molar-refractivity contribution is 0.669. The number of fused-ring (bicyclic) bond motifs is 4. The zero-order valence-electron chi connectivity index (χ0n) is 25.1. The highest BCUT2D eigenvalue weighted by atomic mass is 16.3. The van der Waals surface area contributed by atoms with Crippen molar-refractivity contribution in [1.29, 1.82) is 0 Å². The minimum Gasteiger partial charge on any atom is -0.455 e. The third kappa shape index (κ3) is 4.80. The smallest absolute Gasteiger partial charge is 0.164 e. The molecule has 6 nitrogen and oxygen atoms in total. The van der Waals surface area contributed by atoms with E-state index in [-0.39, 0.29) is 0 Å². The van der Waals surface area contributed by atoms with E-state index in [1.165, 1.54) is 0 Å². The van der Waals surface area contributed by atoms with Crippen LogP contribution in [0, 0.1) is 0 Å². The zero-order chi connectivity index (χ0) is 31.2. The summed E-state index contributed by atoms with van der Waals surface area (Å²) in [6.45, 7) is 0. The lowest BCUT2D eigenvalue weighted by atomic mass is 10.00. The molecule has 0 fully saturated rings. The first kappa shape index (κ1) is 26.8. The van der Waals surface area contributed by atoms with Gasteiger partial charge in [-0.05, 0) is 23.8 Å². The summed E-state index contributed by atoms with van der Waals surface area (Å²) < 4.78 is 6.53. The van der Waals surface area contributed by atoms with Crippen molar-refractivity contribution in [2.24, 2.45) is 0 Å². The molecule has 0 atom stereocenters. The van der Waals surface area contributed by atoms with Gasteiger partial charge in [0.25, 0.3) is 0 Å². The van der Waals surface area contributed by atoms with Crippen molar-refractivity contribution >= 4 is 32.8 Å². The average molecular weight is 604 g/mol. The lowest BCUT2D eigenvalue weighted by Crippen LogP contribution is -2.00. The highest BCUT2D eigenvalue weighted by Gasteiger charge is 2.18. The van der Waals surface area contributed by atoms with E-state index in [1.807, 2.05) is 91.0 Å². The number of para-hydroxylation sites is 2. The maximum absolute atomic E-state index is 6.53. The average Bonchev–Trinajstić information content (AvgIpc) is 3.55. The fraction of sp³-hybridized carbons (Fsp3) is 0. The number of hydrogen-bond donors (Lipinski definition) is 0. The number of benzene rings is 5. The molecule has 9 rings (SSSR count). The second-order valence-corrected chi connectivity index (χ2v) is 11.3. The van der Waals surface area contributed by atoms with E-state index < -0.39 is 0 Å². The first-order valence-corrected chi connectivity index (χ1v) is 15.4. The minimum atomic E-state index is 0.616. The molecule has 0 N–H and O–H groups in total. The predicted octanol–water partition coefficient (Wildman–Crippen LogP) is 10.0. The molecule has 0 saturated carbocycles. The van der Waals surface area contributed by atoms with Crippen LogP contribution in [0.5, 0.6) is 0 Å². The van der Waals surface area contributed by atoms with Gasteiger partial charge in [0.15, 0.2) is 17.5 Å². The largest absolute Gasteiger partial charge is 0.455 e. The zero-order valence-corrected chi connectivity index (χ0v) is 25.1. The summed E-state index contributed by atoms with van der Waals surface area (Å²) in [7, 11) is 0. The van der Waals surface area contributed by atoms with Crippen LogP contribution >= 0.6 is 0 Å². The standard InChI is InChI=1S/C41H25N5O/c1-3-11-28(12-4-1)39-44-40(29-13-5-2-6-14-29)46-41(45-39)30-20-18-26(19-21-30)31-15-9-16-32-36-35(47-38(31)32)24-25-42-37(36)34-23-22-27-10-7-8-17-33(27)43-34/h1-25H. The monoisotopic (exact) mass is 603 g/mol. The fourth-order valence-corrected chi connectivity index (χ4v) is 6.10. The molecule has 0 radical (unpaired) electrons. The molecule has 5 aromatic carbocycles. The van der Waals surface area contributed by atoms with Crippen molar-refractivity contribution in [3.05, 3.63) is 152 Å². The summed E-state index contributed by atoms with van der Waals surface area (Å²) in [4.78, 5) is 24.3. The summed E-state index contributed by atoms with van der Waals surface area (Å²) in [6, 6.07) is 48.7.